The van der Waals surface area contributed by atoms with Gasteiger partial charge in [0.05, 0.1) is 6.61 Å². The van der Waals surface area contributed by atoms with Crippen molar-refractivity contribution in [3.05, 3.63) is 54.1 Å². The Morgan fingerprint density at radius 3 is 2.21 bits per heavy atom. The van der Waals surface area contributed by atoms with Crippen LogP contribution in [0.2, 0.25) is 0 Å². The molecular weight excluding hydrogens is 304 g/mol. The number of anilines is 2. The predicted octanol–water partition coefficient (Wildman–Crippen LogP) is 3.93. The summed E-state index contributed by atoms with van der Waals surface area (Å²) >= 11 is 0. The smallest absolute Gasteiger partial charge is 0.255 e. The van der Waals surface area contributed by atoms with Gasteiger partial charge in [-0.15, -0.1) is 0 Å². The van der Waals surface area contributed by atoms with Gasteiger partial charge in [0.2, 0.25) is 5.91 Å². The summed E-state index contributed by atoms with van der Waals surface area (Å²) in [5.74, 6) is 0.343. The minimum absolute atomic E-state index is 0.0648. The van der Waals surface area contributed by atoms with Crippen LogP contribution in [0, 0.1) is 5.92 Å². The number of carbonyl (C=O) groups is 2. The lowest BCUT2D eigenvalue weighted by atomic mass is 10.2. The molecule has 5 heteroatoms. The Morgan fingerprint density at radius 1 is 1.00 bits per heavy atom. The van der Waals surface area contributed by atoms with E-state index in [0.29, 0.717) is 23.5 Å². The van der Waals surface area contributed by atoms with Crippen molar-refractivity contribution in [3.63, 3.8) is 0 Å². The molecule has 2 rings (SSSR count). The molecule has 0 radical (unpaired) electrons. The lowest BCUT2D eigenvalue weighted by molar-refractivity contribution is -0.118. The summed E-state index contributed by atoms with van der Waals surface area (Å²) in [6.45, 7) is 6.14. The molecule has 0 saturated heterocycles. The molecule has 0 bridgehead atoms. The lowest BCUT2D eigenvalue weighted by Crippen LogP contribution is -2.18. The first-order valence-corrected chi connectivity index (χ1v) is 7.94. The standard InChI is InChI=1S/C19H22N2O3/c1-4-24-17-10-8-14(9-11-17)19(23)21-16-7-5-6-15(12-16)20-18(22)13(2)3/h5-13H,4H2,1-3H3,(H,20,22)(H,21,23). The second-order valence-corrected chi connectivity index (χ2v) is 5.64. The Bertz CT molecular complexity index is 709. The van der Waals surface area contributed by atoms with Crippen LogP contribution in [0.4, 0.5) is 11.4 Å². The number of rotatable bonds is 6. The van der Waals surface area contributed by atoms with Gasteiger partial charge in [-0.05, 0) is 49.4 Å². The summed E-state index contributed by atoms with van der Waals surface area (Å²) in [5.41, 5.74) is 1.81. The highest BCUT2D eigenvalue weighted by atomic mass is 16.5. The van der Waals surface area contributed by atoms with E-state index in [1.54, 1.807) is 48.5 Å². The van der Waals surface area contributed by atoms with Crippen LogP contribution in [-0.4, -0.2) is 18.4 Å². The molecule has 126 valence electrons. The van der Waals surface area contributed by atoms with Crippen molar-refractivity contribution in [3.8, 4) is 5.75 Å². The first-order valence-electron chi connectivity index (χ1n) is 7.94. The average Bonchev–Trinajstić information content (AvgIpc) is 2.56. The van der Waals surface area contributed by atoms with Gasteiger partial charge in [-0.3, -0.25) is 9.59 Å². The Labute approximate surface area is 142 Å². The fraction of sp³-hybridized carbons (Fsp3) is 0.263. The highest BCUT2D eigenvalue weighted by Gasteiger charge is 2.09. The van der Waals surface area contributed by atoms with Crippen LogP contribution < -0.4 is 15.4 Å². The van der Waals surface area contributed by atoms with E-state index in [2.05, 4.69) is 10.6 Å². The Hall–Kier alpha value is -2.82. The zero-order chi connectivity index (χ0) is 17.5. The monoisotopic (exact) mass is 326 g/mol. The van der Waals surface area contributed by atoms with Crippen molar-refractivity contribution >= 4 is 23.2 Å². The summed E-state index contributed by atoms with van der Waals surface area (Å²) in [6, 6.07) is 14.0. The fourth-order valence-corrected chi connectivity index (χ4v) is 2.03. The third-order valence-electron chi connectivity index (χ3n) is 3.34. The molecule has 2 aromatic rings. The molecule has 0 aromatic heterocycles. The maximum atomic E-state index is 12.3. The van der Waals surface area contributed by atoms with Gasteiger partial charge in [-0.25, -0.2) is 0 Å². The molecule has 24 heavy (non-hydrogen) atoms. The van der Waals surface area contributed by atoms with Gasteiger partial charge in [0.25, 0.3) is 5.91 Å². The van der Waals surface area contributed by atoms with Crippen LogP contribution in [0.1, 0.15) is 31.1 Å². The molecular formula is C19H22N2O3. The minimum atomic E-state index is -0.217. The maximum absolute atomic E-state index is 12.3. The number of hydrogen-bond acceptors (Lipinski definition) is 3. The van der Waals surface area contributed by atoms with Gasteiger partial charge in [-0.1, -0.05) is 19.9 Å². The van der Waals surface area contributed by atoms with Gasteiger partial charge in [0.1, 0.15) is 5.75 Å². The molecule has 0 aliphatic heterocycles. The van der Waals surface area contributed by atoms with Crippen LogP contribution in [0.3, 0.4) is 0 Å². The van der Waals surface area contributed by atoms with Crippen molar-refractivity contribution in [2.24, 2.45) is 5.92 Å². The molecule has 2 amide bonds. The first kappa shape index (κ1) is 17.5. The van der Waals surface area contributed by atoms with E-state index in [1.165, 1.54) is 0 Å². The van der Waals surface area contributed by atoms with Gasteiger partial charge in [0, 0.05) is 22.9 Å². The Morgan fingerprint density at radius 2 is 1.62 bits per heavy atom. The molecule has 2 N–H and O–H groups in total. The van der Waals surface area contributed by atoms with Crippen molar-refractivity contribution in [2.75, 3.05) is 17.2 Å². The van der Waals surface area contributed by atoms with Crippen LogP contribution in [0.5, 0.6) is 5.75 Å². The minimum Gasteiger partial charge on any atom is -0.494 e. The number of benzene rings is 2. The zero-order valence-electron chi connectivity index (χ0n) is 14.1. The van der Waals surface area contributed by atoms with Crippen LogP contribution >= 0.6 is 0 Å². The first-order chi connectivity index (χ1) is 11.5. The number of ether oxygens (including phenoxy) is 1. The van der Waals surface area contributed by atoms with Crippen LogP contribution in [0.25, 0.3) is 0 Å². The summed E-state index contributed by atoms with van der Waals surface area (Å²) < 4.78 is 5.36. The van der Waals surface area contributed by atoms with Crippen molar-refractivity contribution in [1.29, 1.82) is 0 Å². The van der Waals surface area contributed by atoms with E-state index in [4.69, 9.17) is 4.74 Å². The van der Waals surface area contributed by atoms with E-state index in [9.17, 15) is 9.59 Å². The third kappa shape index (κ3) is 4.84. The van der Waals surface area contributed by atoms with Gasteiger partial charge < -0.3 is 15.4 Å². The zero-order valence-corrected chi connectivity index (χ0v) is 14.1. The van der Waals surface area contributed by atoms with Gasteiger partial charge in [0.15, 0.2) is 0 Å². The topological polar surface area (TPSA) is 67.4 Å². The number of hydrogen-bond donors (Lipinski definition) is 2. The summed E-state index contributed by atoms with van der Waals surface area (Å²) in [4.78, 5) is 24.0. The number of carbonyl (C=O) groups excluding carboxylic acids is 2. The van der Waals surface area contributed by atoms with E-state index < -0.39 is 0 Å². The highest BCUT2D eigenvalue weighted by Crippen LogP contribution is 2.18. The molecule has 2 aromatic carbocycles. The second-order valence-electron chi connectivity index (χ2n) is 5.64. The van der Waals surface area contributed by atoms with Crippen molar-refractivity contribution in [2.45, 2.75) is 20.8 Å². The molecule has 0 aliphatic carbocycles. The molecule has 0 unspecified atom stereocenters. The SMILES string of the molecule is CCOc1ccc(C(=O)Nc2cccc(NC(=O)C(C)C)c2)cc1. The molecule has 0 atom stereocenters. The quantitative estimate of drug-likeness (QED) is 0.845. The largest absolute Gasteiger partial charge is 0.494 e. The number of nitrogens with one attached hydrogen (secondary N) is 2. The average molecular weight is 326 g/mol. The fourth-order valence-electron chi connectivity index (χ4n) is 2.03. The van der Waals surface area contributed by atoms with Crippen molar-refractivity contribution < 1.29 is 14.3 Å². The maximum Gasteiger partial charge on any atom is 0.255 e. The Balaban J connectivity index is 2.04. The summed E-state index contributed by atoms with van der Waals surface area (Å²) in [6.07, 6.45) is 0. The molecule has 0 aliphatic rings. The van der Waals surface area contributed by atoms with Crippen molar-refractivity contribution in [1.82, 2.24) is 0 Å². The van der Waals surface area contributed by atoms with Gasteiger partial charge in [-0.2, -0.15) is 0 Å². The lowest BCUT2D eigenvalue weighted by Gasteiger charge is -2.10. The molecule has 0 spiro atoms. The molecule has 5 nitrogen and oxygen atoms in total. The summed E-state index contributed by atoms with van der Waals surface area (Å²) in [5, 5.41) is 5.63. The molecule has 0 fully saturated rings. The number of amides is 2. The normalized spacial score (nSPS) is 10.3. The van der Waals surface area contributed by atoms with Crippen LogP contribution in [-0.2, 0) is 4.79 Å². The van der Waals surface area contributed by atoms with E-state index in [0.717, 1.165) is 5.75 Å². The predicted molar refractivity (Wildman–Crippen MR) is 95.5 cm³/mol. The molecule has 0 saturated carbocycles. The van der Waals surface area contributed by atoms with Gasteiger partial charge >= 0.3 is 0 Å². The summed E-state index contributed by atoms with van der Waals surface area (Å²) in [7, 11) is 0. The highest BCUT2D eigenvalue weighted by molar-refractivity contribution is 6.04. The van der Waals surface area contributed by atoms with Crippen LogP contribution in [0.15, 0.2) is 48.5 Å². The molecule has 0 heterocycles. The Kier molecular flexibility index (Phi) is 5.95. The second kappa shape index (κ2) is 8.15. The van der Waals surface area contributed by atoms with E-state index in [1.807, 2.05) is 20.8 Å². The van der Waals surface area contributed by atoms with E-state index in [-0.39, 0.29) is 17.7 Å². The third-order valence-corrected chi connectivity index (χ3v) is 3.34. The van der Waals surface area contributed by atoms with E-state index >= 15 is 0 Å².